The SMILES string of the molecule is COc1ccc([C@@H](C)NC(=O)[C@@H]2[C@H](NC(=O)C(F)(F)F)[C@H]3C=C[C@@H]2C3)cc1.COc1ccc([C@@H](C)NC(=O)[C@@H]2[C@H](NC(=O)OC(C)(C)C)[C@H]3C=C[C@@H]2C3)cc1.COc1ccc([C@@H](C)NC(=O)[C@H]2[C@@H](NC(=O)C(F)(F)F)[C@@H]3C=C[C@H]2C3)cc1.COc1ccc([C@@H](C)NC(=O)[C@H]2[C@@H](NC(=O)OC(C)(C)C)[C@@H]3C=C[C@H]2C3)cc1.Fc1cnc(Cl)nc1Cl. The van der Waals surface area contributed by atoms with Crippen molar-refractivity contribution in [3.63, 3.8) is 0 Å². The van der Waals surface area contributed by atoms with Gasteiger partial charge in [-0.25, -0.2) is 23.9 Å². The number of fused-ring (bicyclic) bond motifs is 8. The molecule has 24 nitrogen and oxygen atoms in total. The van der Waals surface area contributed by atoms with E-state index in [1.807, 2.05) is 151 Å². The summed E-state index contributed by atoms with van der Waals surface area (Å²) < 4.78 is 119. The van der Waals surface area contributed by atoms with Gasteiger partial charge in [0.05, 0.1) is 94.6 Å². The highest BCUT2D eigenvalue weighted by Crippen LogP contribution is 2.48. The summed E-state index contributed by atoms with van der Waals surface area (Å²) in [5.74, 6) is -4.77. The topological polar surface area (TPSA) is 314 Å². The highest BCUT2D eigenvalue weighted by atomic mass is 35.5. The number of amides is 8. The maximum absolute atomic E-state index is 13.1. The number of methoxy groups -OCH3 is 4. The highest BCUT2D eigenvalue weighted by Gasteiger charge is 2.55. The number of alkyl halides is 6. The maximum atomic E-state index is 13.1. The van der Waals surface area contributed by atoms with E-state index < -0.39 is 77.3 Å². The fraction of sp³-hybridized carbons (Fsp3) is 0.488. The molecule has 4 aromatic carbocycles. The average Bonchev–Trinajstić information content (AvgIpc) is 1.64. The molecule has 8 N–H and O–H groups in total. The Balaban J connectivity index is 0.000000174. The number of aromatic nitrogens is 2. The first kappa shape index (κ1) is 92.5. The van der Waals surface area contributed by atoms with Crippen LogP contribution in [0.1, 0.15) is 141 Å². The molecular weight excluding hydrogens is 1600 g/mol. The number of hydrogen-bond donors (Lipinski definition) is 8. The number of allylic oxidation sites excluding steroid dienone is 4. The molecule has 1 aromatic heterocycles. The minimum atomic E-state index is -4.97. The first-order chi connectivity index (χ1) is 56.0. The number of hydrogen-bond acceptors (Lipinski definition) is 16. The van der Waals surface area contributed by atoms with Crippen LogP contribution in [0, 0.1) is 76.8 Å². The lowest BCUT2D eigenvalue weighted by atomic mass is 9.87. The lowest BCUT2D eigenvalue weighted by Crippen LogP contribution is -2.52. The summed E-state index contributed by atoms with van der Waals surface area (Å²) >= 11 is 10.4. The molecule has 1 heterocycles. The second-order valence-electron chi connectivity index (χ2n) is 32.5. The number of rotatable bonds is 20. The Hall–Kier alpha value is -10.4. The molecule has 4 saturated carbocycles. The maximum Gasteiger partial charge on any atom is 0.471 e. The average molecular weight is 1700 g/mol. The van der Waals surface area contributed by atoms with Gasteiger partial charge in [-0.3, -0.25) is 28.8 Å². The second-order valence-corrected chi connectivity index (χ2v) is 33.2. The Bertz CT molecular complexity index is 4250. The molecule has 119 heavy (non-hydrogen) atoms. The molecule has 5 aromatic rings. The van der Waals surface area contributed by atoms with Crippen LogP contribution in [0.5, 0.6) is 23.0 Å². The van der Waals surface area contributed by atoms with Crippen LogP contribution in [0.25, 0.3) is 0 Å². The number of nitrogens with zero attached hydrogens (tertiary/aromatic N) is 2. The van der Waals surface area contributed by atoms with E-state index in [9.17, 15) is 69.1 Å². The third kappa shape index (κ3) is 24.6. The summed E-state index contributed by atoms with van der Waals surface area (Å²) in [5, 5.41) is 21.5. The predicted molar refractivity (Wildman–Crippen MR) is 429 cm³/mol. The van der Waals surface area contributed by atoms with E-state index in [2.05, 4.69) is 66.2 Å². The molecule has 0 saturated heterocycles. The predicted octanol–water partition coefficient (Wildman–Crippen LogP) is 14.6. The summed E-state index contributed by atoms with van der Waals surface area (Å²) in [6, 6.07) is 26.5. The Morgan fingerprint density at radius 3 is 0.807 bits per heavy atom. The van der Waals surface area contributed by atoms with Gasteiger partial charge in [-0.15, -0.1) is 0 Å². The summed E-state index contributed by atoms with van der Waals surface area (Å²) in [6.07, 6.45) is 8.59. The molecule has 8 bridgehead atoms. The van der Waals surface area contributed by atoms with Crippen LogP contribution in [0.2, 0.25) is 10.4 Å². The van der Waals surface area contributed by atoms with Crippen LogP contribution in [0.4, 0.5) is 40.3 Å². The van der Waals surface area contributed by atoms with Gasteiger partial charge in [0.2, 0.25) is 28.9 Å². The number of benzene rings is 4. The molecule has 0 radical (unpaired) electrons. The summed E-state index contributed by atoms with van der Waals surface area (Å²) in [7, 11) is 6.36. The molecule has 8 amide bonds. The molecule has 33 heteroatoms. The summed E-state index contributed by atoms with van der Waals surface area (Å²) in [4.78, 5) is 106. The molecule has 644 valence electrons. The van der Waals surface area contributed by atoms with Crippen LogP contribution in [0.15, 0.2) is 152 Å². The third-order valence-corrected chi connectivity index (χ3v) is 22.5. The second kappa shape index (κ2) is 39.6. The monoisotopic (exact) mass is 1700 g/mol. The van der Waals surface area contributed by atoms with Crippen molar-refractivity contribution in [2.45, 2.75) is 167 Å². The lowest BCUT2D eigenvalue weighted by molar-refractivity contribution is -0.175. The van der Waals surface area contributed by atoms with Crippen molar-refractivity contribution in [1.82, 2.24) is 52.5 Å². The van der Waals surface area contributed by atoms with Gasteiger partial charge in [-0.1, -0.05) is 109 Å². The minimum Gasteiger partial charge on any atom is -0.497 e. The zero-order chi connectivity index (χ0) is 87.3. The number of halogens is 9. The van der Waals surface area contributed by atoms with Gasteiger partial charge in [0.15, 0.2) is 11.0 Å². The molecule has 13 rings (SSSR count). The number of alkyl carbamates (subject to hydrolysis) is 2. The Labute approximate surface area is 697 Å². The molecule has 0 spiro atoms. The Morgan fingerprint density at radius 1 is 0.378 bits per heavy atom. The van der Waals surface area contributed by atoms with Crippen molar-refractivity contribution >= 4 is 70.8 Å². The van der Waals surface area contributed by atoms with Gasteiger partial charge >= 0.3 is 36.4 Å². The van der Waals surface area contributed by atoms with Gasteiger partial charge < -0.3 is 71.0 Å². The summed E-state index contributed by atoms with van der Waals surface area (Å²) in [5.41, 5.74) is 2.56. The van der Waals surface area contributed by atoms with Gasteiger partial charge in [-0.05, 0) is 225 Å². The highest BCUT2D eigenvalue weighted by molar-refractivity contribution is 6.31. The first-order valence-electron chi connectivity index (χ1n) is 39.0. The van der Waals surface area contributed by atoms with Crippen LogP contribution < -0.4 is 61.5 Å². The standard InChI is InChI=1S/2C22H30N2O4.2C19H21F3N2O3.C4HCl2FN2/c2*1-13(14-8-10-17(27-5)11-9-14)23-20(25)18-15-6-7-16(12-15)19(18)24-21(26)28-22(2,3)4;2*1-10(11-5-7-14(27-2)8-6-11)23-17(25)15-12-3-4-13(9-12)16(15)24-18(26)19(20,21)22;5-3-2(7)1-8-4(6)9-3/h2*6-11,13,15-16,18-19H,12H2,1-5H3,(H,23,25)(H,24,26);2*3-8,10,12-13,15-16H,9H2,1-2H3,(H,23,25)(H,24,26);1H/t13-,15+,16-,18-,19+;13-,15-,16+,18+,19-;10-,12+,13-,15-,16+;10-,12-,13+,15+,16-;/m1111./s1. The molecular formula is C86H103Cl2F7N10O14. The fourth-order valence-corrected chi connectivity index (χ4v) is 16.6. The van der Waals surface area contributed by atoms with Crippen molar-refractivity contribution in [2.24, 2.45) is 71.0 Å². The first-order valence-corrected chi connectivity index (χ1v) is 39.8. The van der Waals surface area contributed by atoms with Crippen LogP contribution in [-0.4, -0.2) is 134 Å². The van der Waals surface area contributed by atoms with Crippen molar-refractivity contribution in [3.8, 4) is 23.0 Å². The number of nitrogens with one attached hydrogen (secondary N) is 8. The lowest BCUT2D eigenvalue weighted by Gasteiger charge is -2.30. The fourth-order valence-electron chi connectivity index (χ4n) is 16.3. The van der Waals surface area contributed by atoms with E-state index in [4.69, 9.17) is 51.6 Å². The molecule has 8 aliphatic rings. The van der Waals surface area contributed by atoms with Crippen molar-refractivity contribution in [3.05, 3.63) is 190 Å². The van der Waals surface area contributed by atoms with E-state index in [1.165, 1.54) is 0 Å². The quantitative estimate of drug-likeness (QED) is 0.0155. The van der Waals surface area contributed by atoms with E-state index >= 15 is 0 Å². The van der Waals surface area contributed by atoms with E-state index in [-0.39, 0.29) is 129 Å². The Morgan fingerprint density at radius 2 is 0.605 bits per heavy atom. The third-order valence-electron chi connectivity index (χ3n) is 22.1. The van der Waals surface area contributed by atoms with Gasteiger partial charge in [-0.2, -0.15) is 26.3 Å². The van der Waals surface area contributed by atoms with Gasteiger partial charge in [0.1, 0.15) is 34.2 Å². The zero-order valence-electron chi connectivity index (χ0n) is 68.3. The molecule has 0 unspecified atom stereocenters. The van der Waals surface area contributed by atoms with Crippen LogP contribution in [0.3, 0.4) is 0 Å². The van der Waals surface area contributed by atoms with E-state index in [0.717, 1.165) is 52.8 Å². The van der Waals surface area contributed by atoms with Crippen LogP contribution in [-0.2, 0) is 38.2 Å². The van der Waals surface area contributed by atoms with Crippen molar-refractivity contribution in [1.29, 1.82) is 0 Å². The molecule has 0 aliphatic heterocycles. The van der Waals surface area contributed by atoms with Gasteiger partial charge in [0, 0.05) is 12.1 Å². The Kier molecular flexibility index (Phi) is 30.8. The van der Waals surface area contributed by atoms with E-state index in [1.54, 1.807) is 78.7 Å². The van der Waals surface area contributed by atoms with Gasteiger partial charge in [0.25, 0.3) is 0 Å². The number of carbonyl (C=O) groups is 8. The zero-order valence-corrected chi connectivity index (χ0v) is 69.8. The van der Waals surface area contributed by atoms with Crippen molar-refractivity contribution in [2.75, 3.05) is 28.4 Å². The van der Waals surface area contributed by atoms with Crippen LogP contribution >= 0.6 is 23.2 Å². The number of ether oxygens (including phenoxy) is 6. The largest absolute Gasteiger partial charge is 0.497 e. The molecule has 20 atom stereocenters. The minimum absolute atomic E-state index is 0.0405. The molecule has 4 fully saturated rings. The smallest absolute Gasteiger partial charge is 0.471 e. The summed E-state index contributed by atoms with van der Waals surface area (Å²) in [6.45, 7) is 18.5. The molecule has 8 aliphatic carbocycles. The van der Waals surface area contributed by atoms with Crippen molar-refractivity contribution < 1.29 is 97.5 Å². The van der Waals surface area contributed by atoms with E-state index in [0.29, 0.717) is 24.3 Å². The number of carbonyl (C=O) groups excluding carboxylic acids is 8. The normalized spacial score (nSPS) is 25.6.